The highest BCUT2D eigenvalue weighted by molar-refractivity contribution is 5.06. The van der Waals surface area contributed by atoms with Gasteiger partial charge in [-0.15, -0.1) is 0 Å². The zero-order valence-electron chi connectivity index (χ0n) is 9.42. The summed E-state index contributed by atoms with van der Waals surface area (Å²) in [7, 11) is 0. The van der Waals surface area contributed by atoms with Crippen molar-refractivity contribution in [1.82, 2.24) is 15.3 Å². The summed E-state index contributed by atoms with van der Waals surface area (Å²) in [6.45, 7) is 6.85. The molecule has 2 N–H and O–H groups in total. The summed E-state index contributed by atoms with van der Waals surface area (Å²) in [5.41, 5.74) is 1.22. The molecule has 0 amide bonds. The lowest BCUT2D eigenvalue weighted by Gasteiger charge is -2.21. The van der Waals surface area contributed by atoms with Gasteiger partial charge < -0.3 is 15.0 Å². The van der Waals surface area contributed by atoms with Gasteiger partial charge in [-0.1, -0.05) is 13.8 Å². The predicted molar refractivity (Wildman–Crippen MR) is 58.7 cm³/mol. The molecule has 1 unspecified atom stereocenters. The molecule has 0 aromatic carbocycles. The summed E-state index contributed by atoms with van der Waals surface area (Å²) >= 11 is 0. The van der Waals surface area contributed by atoms with E-state index in [9.17, 15) is 0 Å². The zero-order valence-corrected chi connectivity index (χ0v) is 9.42. The molecular formula is C11H19N3O. The van der Waals surface area contributed by atoms with Gasteiger partial charge in [0.1, 0.15) is 5.82 Å². The van der Waals surface area contributed by atoms with Gasteiger partial charge in [0.15, 0.2) is 0 Å². The number of nitrogens with zero attached hydrogens (tertiary/aromatic N) is 1. The van der Waals surface area contributed by atoms with Gasteiger partial charge in [0.05, 0.1) is 19.3 Å². The third-order valence-corrected chi connectivity index (χ3v) is 2.53. The number of H-pyrrole nitrogens is 1. The summed E-state index contributed by atoms with van der Waals surface area (Å²) in [6.07, 6.45) is 2.99. The van der Waals surface area contributed by atoms with Gasteiger partial charge in [-0.2, -0.15) is 0 Å². The average Bonchev–Trinajstić information content (AvgIpc) is 2.67. The summed E-state index contributed by atoms with van der Waals surface area (Å²) in [6, 6.07) is 0.236. The smallest absolute Gasteiger partial charge is 0.125 e. The van der Waals surface area contributed by atoms with Gasteiger partial charge in [0.2, 0.25) is 0 Å². The third-order valence-electron chi connectivity index (χ3n) is 2.53. The first kappa shape index (κ1) is 10.6. The van der Waals surface area contributed by atoms with Crippen molar-refractivity contribution in [2.75, 3.05) is 19.8 Å². The Bertz CT molecular complexity index is 303. The first-order valence-electron chi connectivity index (χ1n) is 5.60. The fourth-order valence-electron chi connectivity index (χ4n) is 1.84. The van der Waals surface area contributed by atoms with Crippen molar-refractivity contribution in [3.63, 3.8) is 0 Å². The van der Waals surface area contributed by atoms with Crippen LogP contribution in [0.4, 0.5) is 0 Å². The molecule has 2 rings (SSSR count). The van der Waals surface area contributed by atoms with E-state index < -0.39 is 0 Å². The van der Waals surface area contributed by atoms with Crippen molar-refractivity contribution >= 4 is 0 Å². The predicted octanol–water partition coefficient (Wildman–Crippen LogP) is 1.27. The molecule has 1 aliphatic heterocycles. The number of rotatable bonds is 3. The molecule has 0 radical (unpaired) electrons. The molecule has 0 saturated carbocycles. The van der Waals surface area contributed by atoms with Gasteiger partial charge >= 0.3 is 0 Å². The lowest BCUT2D eigenvalue weighted by atomic mass is 10.1. The molecule has 1 saturated heterocycles. The average molecular weight is 209 g/mol. The van der Waals surface area contributed by atoms with Crippen molar-refractivity contribution in [2.24, 2.45) is 5.92 Å². The molecule has 1 aromatic heterocycles. The van der Waals surface area contributed by atoms with Crippen LogP contribution in [0.1, 0.15) is 31.4 Å². The van der Waals surface area contributed by atoms with Crippen LogP contribution in [0.5, 0.6) is 0 Å². The molecule has 15 heavy (non-hydrogen) atoms. The molecule has 4 heteroatoms. The van der Waals surface area contributed by atoms with Crippen LogP contribution < -0.4 is 5.32 Å². The number of hydrogen-bond acceptors (Lipinski definition) is 3. The second-order valence-electron chi connectivity index (χ2n) is 4.47. The largest absolute Gasteiger partial charge is 0.378 e. The van der Waals surface area contributed by atoms with Crippen molar-refractivity contribution in [3.05, 3.63) is 17.7 Å². The Balaban J connectivity index is 1.99. The Morgan fingerprint density at radius 2 is 2.47 bits per heavy atom. The second-order valence-corrected chi connectivity index (χ2v) is 4.47. The molecule has 84 valence electrons. The van der Waals surface area contributed by atoms with Crippen LogP contribution in [0.3, 0.4) is 0 Å². The monoisotopic (exact) mass is 209 g/mol. The highest BCUT2D eigenvalue weighted by atomic mass is 16.5. The van der Waals surface area contributed by atoms with E-state index in [-0.39, 0.29) is 6.04 Å². The van der Waals surface area contributed by atoms with Crippen molar-refractivity contribution in [3.8, 4) is 0 Å². The standard InChI is InChI=1S/C11H19N3O/c1-8(2)5-9-6-13-11(14-9)10-7-15-4-3-12-10/h6,8,10,12H,3-5,7H2,1-2H3,(H,13,14). The maximum atomic E-state index is 5.40. The summed E-state index contributed by atoms with van der Waals surface area (Å²) in [5.74, 6) is 1.67. The number of aromatic amines is 1. The summed E-state index contributed by atoms with van der Waals surface area (Å²) in [5, 5.41) is 3.38. The van der Waals surface area contributed by atoms with Crippen LogP contribution in [0.25, 0.3) is 0 Å². The number of imidazole rings is 1. The molecule has 0 spiro atoms. The minimum absolute atomic E-state index is 0.236. The molecule has 1 aromatic rings. The van der Waals surface area contributed by atoms with Crippen LogP contribution in [0.15, 0.2) is 6.20 Å². The SMILES string of the molecule is CC(C)Cc1cnc(C2COCCN2)[nH]1. The van der Waals surface area contributed by atoms with E-state index in [1.165, 1.54) is 5.69 Å². The molecule has 2 heterocycles. The topological polar surface area (TPSA) is 49.9 Å². The maximum Gasteiger partial charge on any atom is 0.125 e. The number of morpholine rings is 1. The third kappa shape index (κ3) is 2.79. The van der Waals surface area contributed by atoms with E-state index in [2.05, 4.69) is 29.1 Å². The first-order chi connectivity index (χ1) is 7.25. The maximum absolute atomic E-state index is 5.40. The minimum atomic E-state index is 0.236. The number of nitrogens with one attached hydrogen (secondary N) is 2. The normalized spacial score (nSPS) is 22.2. The second kappa shape index (κ2) is 4.77. The van der Waals surface area contributed by atoms with Crippen LogP contribution in [0.2, 0.25) is 0 Å². The number of ether oxygens (including phenoxy) is 1. The number of aromatic nitrogens is 2. The molecule has 4 nitrogen and oxygen atoms in total. The van der Waals surface area contributed by atoms with Gasteiger partial charge in [0.25, 0.3) is 0 Å². The van der Waals surface area contributed by atoms with Gasteiger partial charge in [-0.05, 0) is 12.3 Å². The highest BCUT2D eigenvalue weighted by Gasteiger charge is 2.18. The Morgan fingerprint density at radius 3 is 3.13 bits per heavy atom. The van der Waals surface area contributed by atoms with Crippen LogP contribution in [-0.4, -0.2) is 29.7 Å². The number of hydrogen-bond donors (Lipinski definition) is 2. The summed E-state index contributed by atoms with van der Waals surface area (Å²) < 4.78 is 5.40. The minimum Gasteiger partial charge on any atom is -0.378 e. The van der Waals surface area contributed by atoms with E-state index in [0.29, 0.717) is 12.5 Å². The van der Waals surface area contributed by atoms with Gasteiger partial charge in [0, 0.05) is 18.4 Å². The molecular weight excluding hydrogens is 190 g/mol. The lowest BCUT2D eigenvalue weighted by Crippen LogP contribution is -2.35. The lowest BCUT2D eigenvalue weighted by molar-refractivity contribution is 0.0744. The Morgan fingerprint density at radius 1 is 1.60 bits per heavy atom. The van der Waals surface area contributed by atoms with Crippen molar-refractivity contribution in [2.45, 2.75) is 26.3 Å². The quantitative estimate of drug-likeness (QED) is 0.788. The summed E-state index contributed by atoms with van der Waals surface area (Å²) in [4.78, 5) is 7.76. The Hall–Kier alpha value is -0.870. The molecule has 0 bridgehead atoms. The van der Waals surface area contributed by atoms with Crippen molar-refractivity contribution < 1.29 is 4.74 Å². The van der Waals surface area contributed by atoms with E-state index in [4.69, 9.17) is 4.74 Å². The zero-order chi connectivity index (χ0) is 10.7. The molecule has 1 atom stereocenters. The van der Waals surface area contributed by atoms with Crippen molar-refractivity contribution in [1.29, 1.82) is 0 Å². The van der Waals surface area contributed by atoms with Gasteiger partial charge in [-0.25, -0.2) is 4.98 Å². The first-order valence-corrected chi connectivity index (χ1v) is 5.60. The van der Waals surface area contributed by atoms with Crippen LogP contribution in [0, 0.1) is 5.92 Å². The molecule has 1 aliphatic rings. The molecule has 1 fully saturated rings. The highest BCUT2D eigenvalue weighted by Crippen LogP contribution is 2.13. The van der Waals surface area contributed by atoms with E-state index in [1.807, 2.05) is 6.20 Å². The van der Waals surface area contributed by atoms with Crippen LogP contribution >= 0.6 is 0 Å². The fraction of sp³-hybridized carbons (Fsp3) is 0.727. The van der Waals surface area contributed by atoms with E-state index in [1.54, 1.807) is 0 Å². The fourth-order valence-corrected chi connectivity index (χ4v) is 1.84. The van der Waals surface area contributed by atoms with Gasteiger partial charge in [-0.3, -0.25) is 0 Å². The Labute approximate surface area is 90.4 Å². The van der Waals surface area contributed by atoms with E-state index >= 15 is 0 Å². The van der Waals surface area contributed by atoms with E-state index in [0.717, 1.165) is 25.4 Å². The molecule has 0 aliphatic carbocycles. The van der Waals surface area contributed by atoms with Crippen LogP contribution in [-0.2, 0) is 11.2 Å². The Kier molecular flexibility index (Phi) is 3.38.